The minimum absolute atomic E-state index is 0.115. The van der Waals surface area contributed by atoms with Crippen LogP contribution in [0.5, 0.6) is 0 Å². The highest BCUT2D eigenvalue weighted by Crippen LogP contribution is 2.33. The fourth-order valence-electron chi connectivity index (χ4n) is 4.18. The third kappa shape index (κ3) is 3.39. The van der Waals surface area contributed by atoms with Gasteiger partial charge in [0.15, 0.2) is 5.60 Å². The number of rotatable bonds is 5. The molecule has 1 unspecified atom stereocenters. The van der Waals surface area contributed by atoms with Gasteiger partial charge >= 0.3 is 5.97 Å². The molecule has 0 aromatic heterocycles. The molecule has 3 heterocycles. The molecule has 4 nitrogen and oxygen atoms in total. The minimum Gasteiger partial charge on any atom is -0.458 e. The zero-order valence-corrected chi connectivity index (χ0v) is 14.9. The van der Waals surface area contributed by atoms with Crippen LogP contribution in [-0.2, 0) is 21.6 Å². The molecular weight excluding hydrogens is 326 g/mol. The first kappa shape index (κ1) is 17.3. The van der Waals surface area contributed by atoms with Crippen LogP contribution in [0.3, 0.4) is 0 Å². The Morgan fingerprint density at radius 2 is 1.65 bits per heavy atom. The molecule has 3 saturated heterocycles. The van der Waals surface area contributed by atoms with E-state index in [2.05, 4.69) is 4.90 Å². The van der Waals surface area contributed by atoms with Gasteiger partial charge < -0.3 is 9.84 Å². The number of hydrogen-bond acceptors (Lipinski definition) is 4. The molecule has 5 rings (SSSR count). The summed E-state index contributed by atoms with van der Waals surface area (Å²) in [5.41, 5.74) is -0.186. The third-order valence-corrected chi connectivity index (χ3v) is 5.75. The predicted molar refractivity (Wildman–Crippen MR) is 99.5 cm³/mol. The summed E-state index contributed by atoms with van der Waals surface area (Å²) in [6.07, 6.45) is 2.23. The van der Waals surface area contributed by atoms with Crippen molar-refractivity contribution in [3.05, 3.63) is 71.8 Å². The molecule has 3 aliphatic heterocycles. The van der Waals surface area contributed by atoms with Crippen molar-refractivity contribution in [2.45, 2.75) is 31.0 Å². The zero-order valence-electron chi connectivity index (χ0n) is 14.9. The molecule has 3 aliphatic rings. The summed E-state index contributed by atoms with van der Waals surface area (Å²) in [7, 11) is 0. The number of esters is 1. The van der Waals surface area contributed by atoms with Crippen LogP contribution in [0.15, 0.2) is 60.7 Å². The van der Waals surface area contributed by atoms with Crippen molar-refractivity contribution in [1.29, 1.82) is 0 Å². The van der Waals surface area contributed by atoms with Gasteiger partial charge in [0, 0.05) is 13.0 Å². The summed E-state index contributed by atoms with van der Waals surface area (Å²) in [5, 5.41) is 11.4. The molecule has 0 saturated carbocycles. The highest BCUT2D eigenvalue weighted by atomic mass is 16.6. The average molecular weight is 351 g/mol. The number of carbonyl (C=O) groups excluding carboxylic acids is 1. The van der Waals surface area contributed by atoms with Crippen molar-refractivity contribution in [2.75, 3.05) is 19.6 Å². The second kappa shape index (κ2) is 7.22. The topological polar surface area (TPSA) is 49.8 Å². The predicted octanol–water partition coefficient (Wildman–Crippen LogP) is 2.75. The molecule has 136 valence electrons. The van der Waals surface area contributed by atoms with Crippen LogP contribution in [0.2, 0.25) is 0 Å². The Labute approximate surface area is 154 Å². The lowest BCUT2D eigenvalue weighted by Crippen LogP contribution is -2.53. The van der Waals surface area contributed by atoms with Crippen molar-refractivity contribution in [3.8, 4) is 0 Å². The molecule has 0 aliphatic carbocycles. The Bertz CT molecular complexity index is 740. The second-order valence-electron chi connectivity index (χ2n) is 7.47. The van der Waals surface area contributed by atoms with Crippen molar-refractivity contribution in [3.63, 3.8) is 0 Å². The summed E-state index contributed by atoms with van der Waals surface area (Å²) in [5.74, 6) is -0.119. The smallest absolute Gasteiger partial charge is 0.343 e. The largest absolute Gasteiger partial charge is 0.458 e. The Balaban J connectivity index is 1.59. The lowest BCUT2D eigenvalue weighted by Gasteiger charge is -2.44. The maximum Gasteiger partial charge on any atom is 0.343 e. The second-order valence-corrected chi connectivity index (χ2v) is 7.47. The van der Waals surface area contributed by atoms with Gasteiger partial charge in [0.05, 0.1) is 0 Å². The monoisotopic (exact) mass is 351 g/mol. The molecule has 2 atom stereocenters. The molecule has 0 radical (unpaired) electrons. The standard InChI is InChI=1S/C22H25NO3/c24-21(26-20-16-23-13-11-18(20)12-14-23)22(25,19-9-5-2-6-10-19)15-17-7-3-1-4-8-17/h1-10,18,20,25H,11-16H2/t20-,22?/m0/s1. The zero-order chi connectivity index (χ0) is 18.0. The summed E-state index contributed by atoms with van der Waals surface area (Å²) < 4.78 is 5.89. The number of piperidine rings is 3. The number of aliphatic hydroxyl groups is 1. The molecule has 0 spiro atoms. The first-order valence-electron chi connectivity index (χ1n) is 9.40. The number of fused-ring (bicyclic) bond motifs is 3. The van der Waals surface area contributed by atoms with Gasteiger partial charge in [-0.1, -0.05) is 60.7 Å². The lowest BCUT2D eigenvalue weighted by molar-refractivity contribution is -0.181. The number of nitrogens with zero attached hydrogens (tertiary/aromatic N) is 1. The number of hydrogen-bond donors (Lipinski definition) is 1. The first-order chi connectivity index (χ1) is 12.6. The summed E-state index contributed by atoms with van der Waals surface area (Å²) in [6, 6.07) is 18.8. The van der Waals surface area contributed by atoms with Crippen molar-refractivity contribution < 1.29 is 14.6 Å². The van der Waals surface area contributed by atoms with Gasteiger partial charge in [-0.3, -0.25) is 4.90 Å². The number of carbonyl (C=O) groups is 1. The average Bonchev–Trinajstić information content (AvgIpc) is 2.70. The normalized spacial score (nSPS) is 26.9. The van der Waals surface area contributed by atoms with Gasteiger partial charge in [-0.15, -0.1) is 0 Å². The summed E-state index contributed by atoms with van der Waals surface area (Å²) >= 11 is 0. The van der Waals surface area contributed by atoms with Gasteiger partial charge in [0.2, 0.25) is 0 Å². The molecular formula is C22H25NO3. The van der Waals surface area contributed by atoms with Crippen molar-refractivity contribution in [2.24, 2.45) is 5.92 Å². The minimum atomic E-state index is -1.67. The molecule has 2 aromatic carbocycles. The van der Waals surface area contributed by atoms with Crippen LogP contribution in [-0.4, -0.2) is 41.7 Å². The van der Waals surface area contributed by atoms with Gasteiger partial charge in [-0.05, 0) is 43.0 Å². The Hall–Kier alpha value is -2.17. The van der Waals surface area contributed by atoms with Crippen molar-refractivity contribution >= 4 is 5.97 Å². The third-order valence-electron chi connectivity index (χ3n) is 5.75. The van der Waals surface area contributed by atoms with E-state index in [4.69, 9.17) is 4.74 Å². The SMILES string of the molecule is O=C(O[C@H]1CN2CCC1CC2)C(O)(Cc1ccccc1)c1ccccc1. The van der Waals surface area contributed by atoms with Crippen LogP contribution >= 0.6 is 0 Å². The van der Waals surface area contributed by atoms with Gasteiger partial charge in [-0.2, -0.15) is 0 Å². The molecule has 1 N–H and O–H groups in total. The number of ether oxygens (including phenoxy) is 1. The molecule has 3 fully saturated rings. The quantitative estimate of drug-likeness (QED) is 0.842. The Kier molecular flexibility index (Phi) is 4.79. The molecule has 2 bridgehead atoms. The van der Waals surface area contributed by atoms with Crippen LogP contribution in [0.25, 0.3) is 0 Å². The van der Waals surface area contributed by atoms with E-state index in [9.17, 15) is 9.90 Å². The fourth-order valence-corrected chi connectivity index (χ4v) is 4.18. The van der Waals surface area contributed by atoms with E-state index < -0.39 is 11.6 Å². The van der Waals surface area contributed by atoms with Crippen LogP contribution in [0.4, 0.5) is 0 Å². The van der Waals surface area contributed by atoms with E-state index in [1.165, 1.54) is 0 Å². The number of benzene rings is 2. The van der Waals surface area contributed by atoms with Gasteiger partial charge in [0.25, 0.3) is 0 Å². The van der Waals surface area contributed by atoms with Gasteiger partial charge in [-0.25, -0.2) is 4.79 Å². The summed E-state index contributed by atoms with van der Waals surface area (Å²) in [4.78, 5) is 15.5. The van der Waals surface area contributed by atoms with E-state index in [0.717, 1.165) is 38.0 Å². The Morgan fingerprint density at radius 1 is 1.04 bits per heavy atom. The van der Waals surface area contributed by atoms with E-state index in [0.29, 0.717) is 11.5 Å². The van der Waals surface area contributed by atoms with E-state index in [-0.39, 0.29) is 12.5 Å². The van der Waals surface area contributed by atoms with E-state index in [1.807, 2.05) is 48.5 Å². The Morgan fingerprint density at radius 3 is 2.23 bits per heavy atom. The highest BCUT2D eigenvalue weighted by Gasteiger charge is 2.44. The molecule has 4 heteroatoms. The first-order valence-corrected chi connectivity index (χ1v) is 9.40. The van der Waals surface area contributed by atoms with Crippen LogP contribution in [0.1, 0.15) is 24.0 Å². The van der Waals surface area contributed by atoms with Gasteiger partial charge in [0.1, 0.15) is 6.10 Å². The van der Waals surface area contributed by atoms with E-state index in [1.54, 1.807) is 12.1 Å². The van der Waals surface area contributed by atoms with E-state index >= 15 is 0 Å². The van der Waals surface area contributed by atoms with Crippen LogP contribution < -0.4 is 0 Å². The maximum atomic E-state index is 13.1. The lowest BCUT2D eigenvalue weighted by atomic mass is 9.84. The summed E-state index contributed by atoms with van der Waals surface area (Å²) in [6.45, 7) is 2.96. The highest BCUT2D eigenvalue weighted by molar-refractivity contribution is 5.81. The maximum absolute atomic E-state index is 13.1. The van der Waals surface area contributed by atoms with Crippen LogP contribution in [0, 0.1) is 5.92 Å². The molecule has 0 amide bonds. The van der Waals surface area contributed by atoms with Crippen molar-refractivity contribution in [1.82, 2.24) is 4.90 Å². The molecule has 2 aromatic rings. The molecule has 26 heavy (non-hydrogen) atoms. The fraction of sp³-hybridized carbons (Fsp3) is 0.409.